The van der Waals surface area contributed by atoms with Crippen molar-refractivity contribution in [2.75, 3.05) is 30.5 Å². The van der Waals surface area contributed by atoms with Gasteiger partial charge in [-0.05, 0) is 49.2 Å². The molecule has 0 fully saturated rings. The number of nitrogens with zero attached hydrogens (tertiary/aromatic N) is 2. The molecule has 174 valence electrons. The van der Waals surface area contributed by atoms with Crippen LogP contribution in [0.4, 0.5) is 17.1 Å². The molecule has 0 saturated heterocycles. The number of benzene rings is 3. The molecule has 0 spiro atoms. The molecule has 1 aliphatic heterocycles. The topological polar surface area (TPSA) is 111 Å². The molecule has 1 heterocycles. The maximum Gasteiger partial charge on any atom is 0.286 e. The van der Waals surface area contributed by atoms with E-state index in [0.717, 1.165) is 23.7 Å². The number of anilines is 2. The Morgan fingerprint density at radius 3 is 2.50 bits per heavy atom. The van der Waals surface area contributed by atoms with E-state index < -0.39 is 16.5 Å². The first-order valence-electron chi connectivity index (χ1n) is 10.7. The number of carbonyl (C=O) groups excluding carboxylic acids is 2. The maximum absolute atomic E-state index is 13.0. The zero-order chi connectivity index (χ0) is 24.2. The first kappa shape index (κ1) is 22.8. The normalized spacial score (nSPS) is 12.1. The second kappa shape index (κ2) is 9.62. The van der Waals surface area contributed by atoms with Gasteiger partial charge in [0.1, 0.15) is 5.56 Å². The van der Waals surface area contributed by atoms with Gasteiger partial charge in [-0.3, -0.25) is 19.7 Å². The number of nitro benzene ring substituents is 1. The van der Waals surface area contributed by atoms with E-state index in [0.29, 0.717) is 24.4 Å². The van der Waals surface area contributed by atoms with E-state index in [9.17, 15) is 19.7 Å². The van der Waals surface area contributed by atoms with Crippen LogP contribution in [0.25, 0.3) is 0 Å². The molecule has 9 nitrogen and oxygen atoms in total. The standard InChI is InChI=1S/C25H23N3O6/c1-3-34-23-14-19(21(28(31)32)15-22(23)33-2)24(29)26-18-10-8-17(9-11-18)25(30)27-13-12-16-6-4-5-7-20(16)27/h4-11,14-15H,3,12-13H2,1-2H3,(H,26,29). The van der Waals surface area contributed by atoms with E-state index in [1.807, 2.05) is 24.3 Å². The molecule has 4 rings (SSSR count). The van der Waals surface area contributed by atoms with E-state index >= 15 is 0 Å². The van der Waals surface area contributed by atoms with E-state index in [-0.39, 0.29) is 23.0 Å². The molecule has 1 N–H and O–H groups in total. The Bertz CT molecular complexity index is 1260. The van der Waals surface area contributed by atoms with Crippen molar-refractivity contribution >= 4 is 28.9 Å². The number of para-hydroxylation sites is 1. The second-order valence-corrected chi connectivity index (χ2v) is 7.58. The van der Waals surface area contributed by atoms with Gasteiger partial charge < -0.3 is 19.7 Å². The van der Waals surface area contributed by atoms with E-state index in [4.69, 9.17) is 9.47 Å². The Hall–Kier alpha value is -4.40. The summed E-state index contributed by atoms with van der Waals surface area (Å²) >= 11 is 0. The van der Waals surface area contributed by atoms with Crippen LogP contribution in [-0.4, -0.2) is 37.0 Å². The molecule has 0 aliphatic carbocycles. The highest BCUT2D eigenvalue weighted by molar-refractivity contribution is 6.09. The second-order valence-electron chi connectivity index (χ2n) is 7.58. The summed E-state index contributed by atoms with van der Waals surface area (Å²) in [6.07, 6.45) is 0.806. The number of hydrogen-bond donors (Lipinski definition) is 1. The van der Waals surface area contributed by atoms with Crippen molar-refractivity contribution < 1.29 is 24.0 Å². The van der Waals surface area contributed by atoms with Gasteiger partial charge in [0.05, 0.1) is 24.7 Å². The Morgan fingerprint density at radius 1 is 1.09 bits per heavy atom. The van der Waals surface area contributed by atoms with Crippen molar-refractivity contribution in [1.82, 2.24) is 0 Å². The predicted octanol–water partition coefficient (Wildman–Crippen LogP) is 4.46. The van der Waals surface area contributed by atoms with Crippen LogP contribution >= 0.6 is 0 Å². The fraction of sp³-hybridized carbons (Fsp3) is 0.200. The molecule has 0 unspecified atom stereocenters. The third-order valence-electron chi connectivity index (χ3n) is 5.55. The lowest BCUT2D eigenvalue weighted by atomic mass is 10.1. The highest BCUT2D eigenvalue weighted by atomic mass is 16.6. The van der Waals surface area contributed by atoms with Crippen LogP contribution in [0.3, 0.4) is 0 Å². The number of carbonyl (C=O) groups is 2. The summed E-state index contributed by atoms with van der Waals surface area (Å²) in [5, 5.41) is 14.2. The monoisotopic (exact) mass is 461 g/mol. The molecule has 34 heavy (non-hydrogen) atoms. The third kappa shape index (κ3) is 4.40. The number of methoxy groups -OCH3 is 1. The fourth-order valence-corrected chi connectivity index (χ4v) is 3.91. The molecule has 3 aromatic carbocycles. The summed E-state index contributed by atoms with van der Waals surface area (Å²) < 4.78 is 10.6. The predicted molar refractivity (Wildman–Crippen MR) is 127 cm³/mol. The lowest BCUT2D eigenvalue weighted by Crippen LogP contribution is -2.28. The highest BCUT2D eigenvalue weighted by Gasteiger charge is 2.26. The zero-order valence-corrected chi connectivity index (χ0v) is 18.7. The summed E-state index contributed by atoms with van der Waals surface area (Å²) in [5.41, 5.74) is 2.34. The smallest absolute Gasteiger partial charge is 0.286 e. The van der Waals surface area contributed by atoms with Crippen molar-refractivity contribution in [2.45, 2.75) is 13.3 Å². The van der Waals surface area contributed by atoms with Crippen molar-refractivity contribution in [3.8, 4) is 11.5 Å². The third-order valence-corrected chi connectivity index (χ3v) is 5.55. The van der Waals surface area contributed by atoms with Crippen LogP contribution in [0.1, 0.15) is 33.2 Å². The lowest BCUT2D eigenvalue weighted by Gasteiger charge is -2.17. The molecule has 0 radical (unpaired) electrons. The summed E-state index contributed by atoms with van der Waals surface area (Å²) in [4.78, 5) is 38.5. The Labute approximate surface area is 196 Å². The average molecular weight is 461 g/mol. The zero-order valence-electron chi connectivity index (χ0n) is 18.7. The number of ether oxygens (including phenoxy) is 2. The molecule has 0 aromatic heterocycles. The van der Waals surface area contributed by atoms with Gasteiger partial charge in [0.25, 0.3) is 17.5 Å². The highest BCUT2D eigenvalue weighted by Crippen LogP contribution is 2.35. The number of fused-ring (bicyclic) bond motifs is 1. The van der Waals surface area contributed by atoms with Gasteiger partial charge in [0.2, 0.25) is 0 Å². The molecule has 0 saturated carbocycles. The SMILES string of the molecule is CCOc1cc(C(=O)Nc2ccc(C(=O)N3CCc4ccccc43)cc2)c([N+](=O)[O-])cc1OC. The van der Waals surface area contributed by atoms with Gasteiger partial charge in [-0.2, -0.15) is 0 Å². The molecule has 9 heteroatoms. The fourth-order valence-electron chi connectivity index (χ4n) is 3.91. The Balaban J connectivity index is 1.54. The van der Waals surface area contributed by atoms with E-state index in [1.54, 1.807) is 36.1 Å². The van der Waals surface area contributed by atoms with Crippen LogP contribution in [0, 0.1) is 10.1 Å². The van der Waals surface area contributed by atoms with Crippen LogP contribution in [0.5, 0.6) is 11.5 Å². The minimum absolute atomic E-state index is 0.130. The average Bonchev–Trinajstić information content (AvgIpc) is 3.28. The Kier molecular flexibility index (Phi) is 6.44. The van der Waals surface area contributed by atoms with Crippen LogP contribution < -0.4 is 19.7 Å². The van der Waals surface area contributed by atoms with Gasteiger partial charge >= 0.3 is 0 Å². The largest absolute Gasteiger partial charge is 0.493 e. The van der Waals surface area contributed by atoms with Crippen LogP contribution in [0.2, 0.25) is 0 Å². The number of nitrogens with one attached hydrogen (secondary N) is 1. The quantitative estimate of drug-likeness (QED) is 0.411. The summed E-state index contributed by atoms with van der Waals surface area (Å²) in [6, 6.07) is 16.7. The first-order valence-corrected chi connectivity index (χ1v) is 10.7. The van der Waals surface area contributed by atoms with Crippen molar-refractivity contribution in [3.63, 3.8) is 0 Å². The van der Waals surface area contributed by atoms with Crippen molar-refractivity contribution in [3.05, 3.63) is 87.5 Å². The van der Waals surface area contributed by atoms with Gasteiger partial charge in [0.15, 0.2) is 11.5 Å². The lowest BCUT2D eigenvalue weighted by molar-refractivity contribution is -0.385. The molecule has 1 aliphatic rings. The number of hydrogen-bond acceptors (Lipinski definition) is 6. The maximum atomic E-state index is 13.0. The molecule has 2 amide bonds. The van der Waals surface area contributed by atoms with Crippen LogP contribution in [-0.2, 0) is 6.42 Å². The van der Waals surface area contributed by atoms with Crippen molar-refractivity contribution in [2.24, 2.45) is 0 Å². The molecule has 0 bridgehead atoms. The van der Waals surface area contributed by atoms with E-state index in [1.165, 1.54) is 13.2 Å². The minimum Gasteiger partial charge on any atom is -0.493 e. The summed E-state index contributed by atoms with van der Waals surface area (Å²) in [5.74, 6) is -0.415. The number of amides is 2. The minimum atomic E-state index is -0.678. The first-order chi connectivity index (χ1) is 16.4. The molecule has 3 aromatic rings. The number of nitro groups is 1. The summed E-state index contributed by atoms with van der Waals surface area (Å²) in [7, 11) is 1.37. The number of rotatable bonds is 7. The van der Waals surface area contributed by atoms with Crippen molar-refractivity contribution in [1.29, 1.82) is 0 Å². The van der Waals surface area contributed by atoms with Gasteiger partial charge in [-0.1, -0.05) is 18.2 Å². The molecule has 0 atom stereocenters. The molecular formula is C25H23N3O6. The van der Waals surface area contributed by atoms with Gasteiger partial charge in [0, 0.05) is 29.5 Å². The summed E-state index contributed by atoms with van der Waals surface area (Å²) in [6.45, 7) is 2.66. The Morgan fingerprint density at radius 2 is 1.82 bits per heavy atom. The van der Waals surface area contributed by atoms with Gasteiger partial charge in [-0.15, -0.1) is 0 Å². The molecular weight excluding hydrogens is 438 g/mol. The van der Waals surface area contributed by atoms with Gasteiger partial charge in [-0.25, -0.2) is 0 Å². The van der Waals surface area contributed by atoms with Crippen LogP contribution in [0.15, 0.2) is 60.7 Å². The van der Waals surface area contributed by atoms with E-state index in [2.05, 4.69) is 5.32 Å².